The van der Waals surface area contributed by atoms with Gasteiger partial charge >= 0.3 is 6.03 Å². The standard InChI is InChI=1S/C21H33N5O5.C5H8.C3H8.C2H6/c1-3-11-23-19(29)16(27)13-24-18(28)15-10-7-12-26(15)20(30)17(25-21(31)22-2)14-8-5-4-6-9-14;1-3-5-4-2;1-3-2;1-2/h3,14-15,17H,1,4-13H2,2H3,(H,23,29)(H,24,28)(H2,22,25,31);1H,4-5H2,2H3;3H2,1-2H3;1-2H3. The van der Waals surface area contributed by atoms with Gasteiger partial charge in [0.25, 0.3) is 5.91 Å². The lowest BCUT2D eigenvalue weighted by Gasteiger charge is -2.34. The Hall–Kier alpha value is -3.35. The smallest absolute Gasteiger partial charge is 0.315 e. The van der Waals surface area contributed by atoms with Crippen LogP contribution in [0.2, 0.25) is 0 Å². The Morgan fingerprint density at radius 1 is 1.00 bits per heavy atom. The molecule has 0 aromatic carbocycles. The summed E-state index contributed by atoms with van der Waals surface area (Å²) in [5.41, 5.74) is 0. The summed E-state index contributed by atoms with van der Waals surface area (Å²) in [5, 5.41) is 10.1. The summed E-state index contributed by atoms with van der Waals surface area (Å²) < 4.78 is 0. The number of unbranched alkanes of at least 4 members (excludes halogenated alkanes) is 1. The quantitative estimate of drug-likeness (QED) is 0.178. The van der Waals surface area contributed by atoms with Gasteiger partial charge in [-0.25, -0.2) is 4.79 Å². The fourth-order valence-electron chi connectivity index (χ4n) is 4.32. The van der Waals surface area contributed by atoms with Crippen LogP contribution in [0.1, 0.15) is 98.8 Å². The van der Waals surface area contributed by atoms with Gasteiger partial charge in [0, 0.05) is 26.6 Å². The largest absolute Gasteiger partial charge is 0.347 e. The number of urea groups is 1. The van der Waals surface area contributed by atoms with Gasteiger partial charge in [0.15, 0.2) is 0 Å². The first kappa shape index (κ1) is 39.8. The highest BCUT2D eigenvalue weighted by molar-refractivity contribution is 6.37. The van der Waals surface area contributed by atoms with Crippen LogP contribution in [0.15, 0.2) is 12.7 Å². The molecule has 1 saturated carbocycles. The predicted molar refractivity (Wildman–Crippen MR) is 165 cm³/mol. The number of terminal acetylenes is 1. The topological polar surface area (TPSA) is 137 Å². The number of likely N-dealkylation sites (tertiary alicyclic amines) is 1. The van der Waals surface area contributed by atoms with E-state index in [4.69, 9.17) is 6.42 Å². The van der Waals surface area contributed by atoms with E-state index in [0.717, 1.165) is 44.9 Å². The molecule has 2 rings (SSSR count). The zero-order valence-electron chi connectivity index (χ0n) is 26.3. The van der Waals surface area contributed by atoms with Crippen LogP contribution >= 0.6 is 0 Å². The normalized spacial score (nSPS) is 16.3. The van der Waals surface area contributed by atoms with Gasteiger partial charge in [-0.1, -0.05) is 66.4 Å². The summed E-state index contributed by atoms with van der Waals surface area (Å²) in [7, 11) is 1.49. The third kappa shape index (κ3) is 16.5. The van der Waals surface area contributed by atoms with Crippen LogP contribution in [0.3, 0.4) is 0 Å². The van der Waals surface area contributed by atoms with Gasteiger partial charge in [0.05, 0.1) is 6.54 Å². The van der Waals surface area contributed by atoms with Gasteiger partial charge in [-0.2, -0.15) is 0 Å². The second-order valence-corrected chi connectivity index (χ2v) is 9.59. The monoisotopic (exact) mass is 577 g/mol. The Morgan fingerprint density at radius 3 is 2.10 bits per heavy atom. The molecule has 4 N–H and O–H groups in total. The summed E-state index contributed by atoms with van der Waals surface area (Å²) in [4.78, 5) is 63.0. The fourth-order valence-corrected chi connectivity index (χ4v) is 4.32. The Balaban J connectivity index is 0. The lowest BCUT2D eigenvalue weighted by molar-refractivity contribution is -0.142. The minimum atomic E-state index is -0.799. The molecule has 234 valence electrons. The highest BCUT2D eigenvalue weighted by Gasteiger charge is 2.40. The van der Waals surface area contributed by atoms with E-state index >= 15 is 0 Å². The second kappa shape index (κ2) is 25.6. The van der Waals surface area contributed by atoms with Gasteiger partial charge in [-0.3, -0.25) is 19.2 Å². The lowest BCUT2D eigenvalue weighted by Crippen LogP contribution is -2.57. The molecule has 5 amide bonds. The molecule has 0 aromatic rings. The second-order valence-electron chi connectivity index (χ2n) is 9.59. The maximum absolute atomic E-state index is 13.3. The first-order chi connectivity index (χ1) is 19.7. The summed E-state index contributed by atoms with van der Waals surface area (Å²) in [5.74, 6) is 0.224. The number of rotatable bonds is 10. The minimum absolute atomic E-state index is 0.0259. The number of carbonyl (C=O) groups excluding carboxylic acids is 5. The van der Waals surface area contributed by atoms with Crippen molar-refractivity contribution in [2.45, 2.75) is 111 Å². The van der Waals surface area contributed by atoms with E-state index in [9.17, 15) is 24.0 Å². The number of Topliss-reactive ketones (excluding diaryl/α,β-unsaturated/α-hetero) is 1. The first-order valence-electron chi connectivity index (χ1n) is 15.1. The van der Waals surface area contributed by atoms with Crippen molar-refractivity contribution in [3.63, 3.8) is 0 Å². The Kier molecular flexibility index (Phi) is 24.9. The van der Waals surface area contributed by atoms with Crippen LogP contribution in [0.4, 0.5) is 4.79 Å². The van der Waals surface area contributed by atoms with Crippen molar-refractivity contribution in [2.75, 3.05) is 26.7 Å². The maximum atomic E-state index is 13.3. The number of hydrogen-bond acceptors (Lipinski definition) is 5. The first-order valence-corrected chi connectivity index (χ1v) is 15.1. The zero-order chi connectivity index (χ0) is 31.6. The number of nitrogens with zero attached hydrogens (tertiary/aromatic N) is 1. The van der Waals surface area contributed by atoms with Crippen LogP contribution < -0.4 is 21.3 Å². The summed E-state index contributed by atoms with van der Waals surface area (Å²) >= 11 is 0. The molecule has 0 radical (unpaired) electrons. The Labute approximate surface area is 248 Å². The van der Waals surface area contributed by atoms with Crippen LogP contribution in [0.25, 0.3) is 0 Å². The SMILES string of the molecule is C#CCCC.C=CCNC(=O)C(=O)CNC(=O)C1CCCN1C(=O)C(NC(=O)NC)C1CCCCC1.CC.CCC. The molecule has 1 aliphatic carbocycles. The average molecular weight is 578 g/mol. The van der Waals surface area contributed by atoms with Crippen LogP contribution in [0, 0.1) is 18.3 Å². The molecule has 2 aliphatic rings. The molecule has 0 spiro atoms. The fraction of sp³-hybridized carbons (Fsp3) is 0.710. The summed E-state index contributed by atoms with van der Waals surface area (Å²) in [6.07, 6.45) is 15.5. The van der Waals surface area contributed by atoms with Crippen molar-refractivity contribution < 1.29 is 24.0 Å². The molecule has 41 heavy (non-hydrogen) atoms. The molecule has 10 heteroatoms. The number of carbonyl (C=O) groups is 5. The van der Waals surface area contributed by atoms with E-state index in [1.165, 1.54) is 24.4 Å². The Morgan fingerprint density at radius 2 is 1.61 bits per heavy atom. The third-order valence-corrected chi connectivity index (χ3v) is 6.22. The summed E-state index contributed by atoms with van der Waals surface area (Å²) in [6, 6.07) is -1.85. The van der Waals surface area contributed by atoms with E-state index in [0.29, 0.717) is 19.4 Å². The molecular weight excluding hydrogens is 522 g/mol. The van der Waals surface area contributed by atoms with Crippen molar-refractivity contribution in [1.29, 1.82) is 0 Å². The van der Waals surface area contributed by atoms with E-state index in [1.807, 2.05) is 13.8 Å². The van der Waals surface area contributed by atoms with E-state index in [1.54, 1.807) is 0 Å². The number of hydrogen-bond donors (Lipinski definition) is 4. The van der Waals surface area contributed by atoms with Crippen molar-refractivity contribution in [3.8, 4) is 12.3 Å². The van der Waals surface area contributed by atoms with Crippen molar-refractivity contribution in [1.82, 2.24) is 26.2 Å². The summed E-state index contributed by atoms with van der Waals surface area (Å²) in [6.45, 7) is 13.9. The lowest BCUT2D eigenvalue weighted by atomic mass is 9.83. The molecule has 0 aromatic heterocycles. The van der Waals surface area contributed by atoms with Gasteiger partial charge < -0.3 is 26.2 Å². The van der Waals surface area contributed by atoms with E-state index < -0.39 is 42.3 Å². The van der Waals surface area contributed by atoms with Crippen molar-refractivity contribution >= 4 is 29.5 Å². The van der Waals surface area contributed by atoms with Gasteiger partial charge in [0.2, 0.25) is 17.6 Å². The van der Waals surface area contributed by atoms with Crippen molar-refractivity contribution in [3.05, 3.63) is 12.7 Å². The molecule has 0 bridgehead atoms. The maximum Gasteiger partial charge on any atom is 0.315 e. The van der Waals surface area contributed by atoms with Crippen molar-refractivity contribution in [2.24, 2.45) is 5.92 Å². The van der Waals surface area contributed by atoms with Gasteiger partial charge in [-0.15, -0.1) is 18.9 Å². The molecule has 2 unspecified atom stereocenters. The molecular formula is C31H55N5O5. The molecule has 1 saturated heterocycles. The van der Waals surface area contributed by atoms with E-state index in [-0.39, 0.29) is 18.4 Å². The van der Waals surface area contributed by atoms with Gasteiger partial charge in [0.1, 0.15) is 12.1 Å². The number of amides is 5. The highest BCUT2D eigenvalue weighted by atomic mass is 16.2. The minimum Gasteiger partial charge on any atom is -0.347 e. The molecule has 1 heterocycles. The third-order valence-electron chi connectivity index (χ3n) is 6.22. The van der Waals surface area contributed by atoms with Crippen LogP contribution in [0.5, 0.6) is 0 Å². The van der Waals surface area contributed by atoms with Gasteiger partial charge in [-0.05, 0) is 38.0 Å². The Bertz CT molecular complexity index is 833. The van der Waals surface area contributed by atoms with Crippen LogP contribution in [-0.4, -0.2) is 73.2 Å². The zero-order valence-corrected chi connectivity index (χ0v) is 26.3. The highest BCUT2D eigenvalue weighted by Crippen LogP contribution is 2.29. The van der Waals surface area contributed by atoms with Crippen LogP contribution in [-0.2, 0) is 19.2 Å². The number of nitrogens with one attached hydrogen (secondary N) is 4. The predicted octanol–water partition coefficient (Wildman–Crippen LogP) is 3.71. The number of ketones is 1. The molecule has 10 nitrogen and oxygen atoms in total. The van der Waals surface area contributed by atoms with E-state index in [2.05, 4.69) is 54.5 Å². The molecule has 2 atom stereocenters. The average Bonchev–Trinajstić information content (AvgIpc) is 3.49. The molecule has 1 aliphatic heterocycles. The molecule has 2 fully saturated rings.